The molecule has 2 aliphatic rings. The molecule has 0 aromatic heterocycles. The molecule has 2 amide bonds. The topological polar surface area (TPSA) is 112 Å². The average molecular weight is 744 g/mol. The summed E-state index contributed by atoms with van der Waals surface area (Å²) in [6.45, 7) is 16.0. The van der Waals surface area contributed by atoms with E-state index in [1.165, 1.54) is 25.9 Å². The van der Waals surface area contributed by atoms with E-state index in [2.05, 4.69) is 44.1 Å². The second-order valence-corrected chi connectivity index (χ2v) is 14.4. The lowest BCUT2D eigenvalue weighted by Gasteiger charge is -2.28. The minimum absolute atomic E-state index is 0.0403. The molecule has 11 heteroatoms. The van der Waals surface area contributed by atoms with Crippen molar-refractivity contribution in [3.63, 3.8) is 0 Å². The van der Waals surface area contributed by atoms with Crippen LogP contribution in [0.25, 0.3) is 6.08 Å². The molecule has 2 fully saturated rings. The first-order valence-corrected chi connectivity index (χ1v) is 17.1. The lowest BCUT2D eigenvalue weighted by atomic mass is 10.0. The maximum atomic E-state index is 12.4. The van der Waals surface area contributed by atoms with Gasteiger partial charge in [0, 0.05) is 29.7 Å². The van der Waals surface area contributed by atoms with E-state index in [9.17, 15) is 19.2 Å². The number of hydrogen-bond donors (Lipinski definition) is 0. The molecule has 49 heavy (non-hydrogen) atoms. The van der Waals surface area contributed by atoms with Gasteiger partial charge < -0.3 is 28.7 Å². The summed E-state index contributed by atoms with van der Waals surface area (Å²) in [4.78, 5) is 49.2. The van der Waals surface area contributed by atoms with Gasteiger partial charge in [-0.25, -0.2) is 19.2 Å². The lowest BCUT2D eigenvalue weighted by molar-refractivity contribution is -0.135. The second kappa shape index (κ2) is 19.2. The number of ether oxygens (including phenoxy) is 4. The van der Waals surface area contributed by atoms with Crippen LogP contribution in [0.4, 0.5) is 9.59 Å². The van der Waals surface area contributed by atoms with Crippen LogP contribution < -0.4 is 0 Å². The van der Waals surface area contributed by atoms with Gasteiger partial charge in [-0.1, -0.05) is 58.9 Å². The van der Waals surface area contributed by atoms with Crippen molar-refractivity contribution < 1.29 is 38.1 Å². The molecular weight excluding hydrogens is 692 g/mol. The molecule has 268 valence electrons. The SMILES string of the molecule is C=CC(=O)OC.CC(C)(C)OC(=O)N1CCC[C@H]1c1ccc(Br)cc1.COC(=O)/C=C/c1ccc([C@@H]2CCCN2C(=O)OC(C)(C)C)cc1. The first-order chi connectivity index (χ1) is 23.0. The van der Waals surface area contributed by atoms with Gasteiger partial charge in [0.2, 0.25) is 0 Å². The largest absolute Gasteiger partial charge is 0.466 e. The summed E-state index contributed by atoms with van der Waals surface area (Å²) in [6, 6.07) is 16.2. The maximum absolute atomic E-state index is 12.4. The Kier molecular flexibility index (Phi) is 16.1. The highest BCUT2D eigenvalue weighted by Gasteiger charge is 2.34. The smallest absolute Gasteiger partial charge is 0.410 e. The fraction of sp³-hybridized carbons (Fsp3) is 0.474. The van der Waals surface area contributed by atoms with E-state index >= 15 is 0 Å². The van der Waals surface area contributed by atoms with Gasteiger partial charge in [-0.05, 0) is 102 Å². The predicted octanol–water partition coefficient (Wildman–Crippen LogP) is 8.81. The third kappa shape index (κ3) is 14.5. The van der Waals surface area contributed by atoms with Crippen LogP contribution in [0.15, 0.2) is 71.7 Å². The van der Waals surface area contributed by atoms with E-state index in [-0.39, 0.29) is 30.2 Å². The predicted molar refractivity (Wildman–Crippen MR) is 194 cm³/mol. The van der Waals surface area contributed by atoms with Crippen LogP contribution in [0.2, 0.25) is 0 Å². The van der Waals surface area contributed by atoms with Gasteiger partial charge in [0.05, 0.1) is 26.3 Å². The number of halogens is 1. The van der Waals surface area contributed by atoms with Gasteiger partial charge in [0.1, 0.15) is 11.2 Å². The fourth-order valence-corrected chi connectivity index (χ4v) is 5.40. The molecule has 4 rings (SSSR count). The highest BCUT2D eigenvalue weighted by atomic mass is 79.9. The Hall–Kier alpha value is -4.12. The summed E-state index contributed by atoms with van der Waals surface area (Å²) in [5.41, 5.74) is 2.22. The van der Waals surface area contributed by atoms with Crippen molar-refractivity contribution in [3.8, 4) is 0 Å². The lowest BCUT2D eigenvalue weighted by Crippen LogP contribution is -2.36. The van der Waals surface area contributed by atoms with Crippen molar-refractivity contribution in [1.82, 2.24) is 9.80 Å². The van der Waals surface area contributed by atoms with Gasteiger partial charge in [0.25, 0.3) is 0 Å². The Morgan fingerprint density at radius 3 is 1.47 bits per heavy atom. The Balaban J connectivity index is 0.000000297. The van der Waals surface area contributed by atoms with E-state index in [0.29, 0.717) is 6.54 Å². The molecule has 2 aliphatic heterocycles. The van der Waals surface area contributed by atoms with Gasteiger partial charge in [-0.2, -0.15) is 0 Å². The molecule has 0 saturated carbocycles. The number of benzene rings is 2. The normalized spacial score (nSPS) is 17.2. The van der Waals surface area contributed by atoms with Crippen LogP contribution in [0.3, 0.4) is 0 Å². The van der Waals surface area contributed by atoms with Gasteiger partial charge in [-0.15, -0.1) is 0 Å². The molecular formula is C38H51BrN2O8. The first kappa shape index (κ1) is 41.1. The zero-order valence-corrected chi connectivity index (χ0v) is 31.6. The molecule has 10 nitrogen and oxygen atoms in total. The number of esters is 2. The Morgan fingerprint density at radius 2 is 1.12 bits per heavy atom. The summed E-state index contributed by atoms with van der Waals surface area (Å²) < 4.78 is 20.7. The van der Waals surface area contributed by atoms with Crippen LogP contribution in [-0.4, -0.2) is 72.4 Å². The molecule has 2 atom stereocenters. The molecule has 2 saturated heterocycles. The molecule has 2 aromatic carbocycles. The minimum Gasteiger partial charge on any atom is -0.466 e. The molecule has 0 N–H and O–H groups in total. The number of likely N-dealkylation sites (tertiary alicyclic amines) is 2. The number of carbonyl (C=O) groups is 4. The Bertz CT molecular complexity index is 1430. The summed E-state index contributed by atoms with van der Waals surface area (Å²) >= 11 is 3.43. The van der Waals surface area contributed by atoms with E-state index in [1.807, 2.05) is 82.8 Å². The minimum atomic E-state index is -0.493. The number of nitrogens with zero attached hydrogens (tertiary/aromatic N) is 2. The van der Waals surface area contributed by atoms with Crippen LogP contribution in [0.5, 0.6) is 0 Å². The van der Waals surface area contributed by atoms with Crippen molar-refractivity contribution in [3.05, 3.63) is 88.4 Å². The number of carbonyl (C=O) groups excluding carboxylic acids is 4. The van der Waals surface area contributed by atoms with Crippen LogP contribution in [0.1, 0.15) is 96.0 Å². The fourth-order valence-electron chi connectivity index (χ4n) is 5.13. The summed E-state index contributed by atoms with van der Waals surface area (Å²) in [5.74, 6) is -0.777. The molecule has 2 aromatic rings. The third-order valence-corrected chi connectivity index (χ3v) is 7.85. The molecule has 2 heterocycles. The zero-order chi connectivity index (χ0) is 36.8. The van der Waals surface area contributed by atoms with Crippen molar-refractivity contribution >= 4 is 46.1 Å². The quantitative estimate of drug-likeness (QED) is 0.170. The van der Waals surface area contributed by atoms with E-state index in [0.717, 1.165) is 53.9 Å². The van der Waals surface area contributed by atoms with E-state index in [1.54, 1.807) is 11.0 Å². The highest BCUT2D eigenvalue weighted by molar-refractivity contribution is 9.10. The van der Waals surface area contributed by atoms with Crippen molar-refractivity contribution in [2.45, 2.75) is 90.5 Å². The van der Waals surface area contributed by atoms with Crippen molar-refractivity contribution in [2.75, 3.05) is 27.3 Å². The number of methoxy groups -OCH3 is 2. The number of amides is 2. The standard InChI is InChI=1S/C19H25NO4.C15H20BrNO2.C4H6O2/c1-19(2,3)24-18(22)20-13-5-6-16(20)15-10-7-14(8-11-15)9-12-17(21)23-4;1-15(2,3)19-14(18)17-10-4-5-13(17)11-6-8-12(16)9-7-11;1-3-4(5)6-2/h7-12,16H,5-6,13H2,1-4H3;6-9,13H,4-5,10H2,1-3H3;3H,1H2,2H3/b12-9+;;/t16-;13-;/m00./s1. The van der Waals surface area contributed by atoms with Crippen molar-refractivity contribution in [1.29, 1.82) is 0 Å². The molecule has 0 spiro atoms. The van der Waals surface area contributed by atoms with Gasteiger partial charge in [0.15, 0.2) is 0 Å². The molecule has 0 unspecified atom stereocenters. The van der Waals surface area contributed by atoms with E-state index in [4.69, 9.17) is 9.47 Å². The molecule has 0 aliphatic carbocycles. The number of rotatable bonds is 5. The summed E-state index contributed by atoms with van der Waals surface area (Å²) in [7, 11) is 2.66. The molecule has 0 radical (unpaired) electrons. The van der Waals surface area contributed by atoms with Crippen LogP contribution in [0, 0.1) is 0 Å². The van der Waals surface area contributed by atoms with Crippen LogP contribution in [-0.2, 0) is 28.5 Å². The van der Waals surface area contributed by atoms with E-state index < -0.39 is 17.2 Å². The summed E-state index contributed by atoms with van der Waals surface area (Å²) in [6.07, 6.45) is 7.65. The average Bonchev–Trinajstić information content (AvgIpc) is 3.74. The van der Waals surface area contributed by atoms with Gasteiger partial charge in [-0.3, -0.25) is 0 Å². The van der Waals surface area contributed by atoms with Crippen LogP contribution >= 0.6 is 15.9 Å². The number of hydrogen-bond acceptors (Lipinski definition) is 8. The summed E-state index contributed by atoms with van der Waals surface area (Å²) in [5, 5.41) is 0. The Labute approximate surface area is 299 Å². The maximum Gasteiger partial charge on any atom is 0.410 e. The third-order valence-electron chi connectivity index (χ3n) is 7.32. The van der Waals surface area contributed by atoms with Crippen molar-refractivity contribution in [2.24, 2.45) is 0 Å². The monoisotopic (exact) mass is 742 g/mol. The molecule has 0 bridgehead atoms. The van der Waals surface area contributed by atoms with Gasteiger partial charge >= 0.3 is 24.1 Å². The zero-order valence-electron chi connectivity index (χ0n) is 30.0. The first-order valence-electron chi connectivity index (χ1n) is 16.3. The second-order valence-electron chi connectivity index (χ2n) is 13.5. The highest BCUT2D eigenvalue weighted by Crippen LogP contribution is 2.34. The Morgan fingerprint density at radius 1 is 0.714 bits per heavy atom.